The zero-order chi connectivity index (χ0) is 14.7. The lowest BCUT2D eigenvalue weighted by molar-refractivity contribution is -0.00257. The van der Waals surface area contributed by atoms with Crippen LogP contribution in [0.1, 0.15) is 23.2 Å². The van der Waals surface area contributed by atoms with Crippen LogP contribution in [0.2, 0.25) is 0 Å². The Balaban J connectivity index is 2.27. The number of nitrogens with one attached hydrogen (secondary N) is 1. The van der Waals surface area contributed by atoms with Gasteiger partial charge < -0.3 is 14.8 Å². The lowest BCUT2D eigenvalue weighted by atomic mass is 10.2. The van der Waals surface area contributed by atoms with Crippen LogP contribution in [-0.4, -0.2) is 36.8 Å². The minimum absolute atomic E-state index is 0.0316. The first kappa shape index (κ1) is 15.2. The molecule has 0 spiro atoms. The van der Waals surface area contributed by atoms with Crippen molar-refractivity contribution in [1.29, 1.82) is 0 Å². The molecule has 5 nitrogen and oxygen atoms in total. The molecule has 0 aliphatic carbocycles. The summed E-state index contributed by atoms with van der Waals surface area (Å²) < 4.78 is 10.7. The van der Waals surface area contributed by atoms with Gasteiger partial charge >= 0.3 is 0 Å². The number of ether oxygens (including phenoxy) is 2. The second-order valence-corrected chi connectivity index (χ2v) is 5.98. The fourth-order valence-corrected chi connectivity index (χ4v) is 3.09. The number of hydrogen-bond donors (Lipinski definition) is 1. The number of nitrogens with zero attached hydrogens (tertiary/aromatic N) is 2. The number of thiophene rings is 1. The highest BCUT2D eigenvalue weighted by molar-refractivity contribution is 7.18. The van der Waals surface area contributed by atoms with Crippen molar-refractivity contribution in [3.05, 3.63) is 16.3 Å². The molecule has 110 valence electrons. The third kappa shape index (κ3) is 3.08. The number of aryl methyl sites for hydroxylation is 2. The molecular formula is C14H21N3O2S. The molecule has 2 aromatic rings. The van der Waals surface area contributed by atoms with E-state index < -0.39 is 0 Å². The number of aromatic nitrogens is 2. The third-order valence-electron chi connectivity index (χ3n) is 3.21. The zero-order valence-corrected chi connectivity index (χ0v) is 13.4. The SMILES string of the molecule is CNc1nc(COC(C)COC)nc2sc(C)c(C)c12. The molecule has 0 aliphatic rings. The van der Waals surface area contributed by atoms with Crippen molar-refractivity contribution < 1.29 is 9.47 Å². The van der Waals surface area contributed by atoms with Crippen LogP contribution in [0.3, 0.4) is 0 Å². The summed E-state index contributed by atoms with van der Waals surface area (Å²) >= 11 is 1.70. The van der Waals surface area contributed by atoms with Crippen molar-refractivity contribution in [3.63, 3.8) is 0 Å². The summed E-state index contributed by atoms with van der Waals surface area (Å²) in [7, 11) is 3.55. The lowest BCUT2D eigenvalue weighted by Gasteiger charge is -2.12. The Kier molecular flexibility index (Phi) is 4.91. The largest absolute Gasteiger partial charge is 0.382 e. The third-order valence-corrected chi connectivity index (χ3v) is 4.31. The van der Waals surface area contributed by atoms with Crippen molar-refractivity contribution in [3.8, 4) is 0 Å². The van der Waals surface area contributed by atoms with Crippen molar-refractivity contribution in [2.75, 3.05) is 26.1 Å². The molecule has 0 aromatic carbocycles. The van der Waals surface area contributed by atoms with Crippen molar-refractivity contribution in [2.45, 2.75) is 33.5 Å². The van der Waals surface area contributed by atoms with Crippen LogP contribution in [0, 0.1) is 13.8 Å². The quantitative estimate of drug-likeness (QED) is 0.888. The average Bonchev–Trinajstić information content (AvgIpc) is 2.71. The van der Waals surface area contributed by atoms with Crippen LogP contribution >= 0.6 is 11.3 Å². The molecule has 0 radical (unpaired) electrons. The maximum atomic E-state index is 5.68. The standard InChI is InChI=1S/C14H21N3O2S/c1-8(6-18-5)19-7-11-16-13(15-4)12-9(2)10(3)20-14(12)17-11/h8H,6-7H2,1-5H3,(H,15,16,17). The van der Waals surface area contributed by atoms with E-state index in [0.717, 1.165) is 16.0 Å². The molecule has 1 atom stereocenters. The number of rotatable bonds is 6. The molecule has 0 amide bonds. The monoisotopic (exact) mass is 295 g/mol. The first-order valence-electron chi connectivity index (χ1n) is 6.61. The van der Waals surface area contributed by atoms with Crippen molar-refractivity contribution in [2.24, 2.45) is 0 Å². The average molecular weight is 295 g/mol. The van der Waals surface area contributed by atoms with Gasteiger partial charge in [0.1, 0.15) is 17.3 Å². The van der Waals surface area contributed by atoms with Crippen molar-refractivity contribution in [1.82, 2.24) is 9.97 Å². The first-order chi connectivity index (χ1) is 9.56. The summed E-state index contributed by atoms with van der Waals surface area (Å²) in [6.45, 7) is 7.15. The fourth-order valence-electron chi connectivity index (χ4n) is 2.04. The fraction of sp³-hybridized carbons (Fsp3) is 0.571. The highest BCUT2D eigenvalue weighted by Crippen LogP contribution is 2.33. The second kappa shape index (κ2) is 6.47. The summed E-state index contributed by atoms with van der Waals surface area (Å²) in [5.74, 6) is 1.57. The van der Waals surface area contributed by atoms with Gasteiger partial charge in [0, 0.05) is 19.0 Å². The number of anilines is 1. The summed E-state index contributed by atoms with van der Waals surface area (Å²) in [6.07, 6.45) is 0.0316. The summed E-state index contributed by atoms with van der Waals surface area (Å²) in [5, 5.41) is 4.27. The van der Waals surface area contributed by atoms with Crippen LogP contribution in [0.15, 0.2) is 0 Å². The Morgan fingerprint density at radius 1 is 1.30 bits per heavy atom. The summed E-state index contributed by atoms with van der Waals surface area (Å²) in [5.41, 5.74) is 1.24. The Hall–Kier alpha value is -1.24. The minimum Gasteiger partial charge on any atom is -0.382 e. The molecule has 20 heavy (non-hydrogen) atoms. The molecule has 0 fully saturated rings. The smallest absolute Gasteiger partial charge is 0.158 e. The van der Waals surface area contributed by atoms with E-state index in [0.29, 0.717) is 19.0 Å². The topological polar surface area (TPSA) is 56.3 Å². The van der Waals surface area contributed by atoms with E-state index in [1.54, 1.807) is 18.4 Å². The second-order valence-electron chi connectivity index (χ2n) is 4.78. The molecular weight excluding hydrogens is 274 g/mol. The van der Waals surface area contributed by atoms with Gasteiger partial charge in [0.2, 0.25) is 0 Å². The van der Waals surface area contributed by atoms with Crippen LogP contribution < -0.4 is 5.32 Å². The van der Waals surface area contributed by atoms with Crippen LogP contribution in [-0.2, 0) is 16.1 Å². The van der Waals surface area contributed by atoms with E-state index in [9.17, 15) is 0 Å². The molecule has 1 unspecified atom stereocenters. The highest BCUT2D eigenvalue weighted by Gasteiger charge is 2.14. The maximum Gasteiger partial charge on any atom is 0.158 e. The van der Waals surface area contributed by atoms with E-state index >= 15 is 0 Å². The maximum absolute atomic E-state index is 5.68. The Bertz CT molecular complexity index is 598. The van der Waals surface area contributed by atoms with Crippen LogP contribution in [0.25, 0.3) is 10.2 Å². The Morgan fingerprint density at radius 2 is 2.05 bits per heavy atom. The first-order valence-corrected chi connectivity index (χ1v) is 7.43. The normalized spacial score (nSPS) is 12.8. The number of methoxy groups -OCH3 is 1. The van der Waals surface area contributed by atoms with Crippen LogP contribution in [0.5, 0.6) is 0 Å². The Labute approximate surface area is 123 Å². The highest BCUT2D eigenvalue weighted by atomic mass is 32.1. The van der Waals surface area contributed by atoms with Gasteiger partial charge in [-0.15, -0.1) is 11.3 Å². The van der Waals surface area contributed by atoms with E-state index in [1.165, 1.54) is 10.4 Å². The van der Waals surface area contributed by atoms with Crippen LogP contribution in [0.4, 0.5) is 5.82 Å². The zero-order valence-electron chi connectivity index (χ0n) is 12.6. The molecule has 2 rings (SSSR count). The van der Waals surface area contributed by atoms with Gasteiger partial charge in [0.25, 0.3) is 0 Å². The lowest BCUT2D eigenvalue weighted by Crippen LogP contribution is -2.15. The molecule has 0 aliphatic heterocycles. The Morgan fingerprint density at radius 3 is 2.70 bits per heavy atom. The van der Waals surface area contributed by atoms with E-state index in [4.69, 9.17) is 9.47 Å². The van der Waals surface area contributed by atoms with E-state index in [2.05, 4.69) is 29.1 Å². The predicted molar refractivity (Wildman–Crippen MR) is 82.6 cm³/mol. The minimum atomic E-state index is 0.0316. The molecule has 2 heterocycles. The molecule has 0 bridgehead atoms. The van der Waals surface area contributed by atoms with Crippen molar-refractivity contribution >= 4 is 27.4 Å². The van der Waals surface area contributed by atoms with Gasteiger partial charge in [-0.25, -0.2) is 9.97 Å². The molecule has 2 aromatic heterocycles. The van der Waals surface area contributed by atoms with Gasteiger partial charge in [0.15, 0.2) is 5.82 Å². The molecule has 0 saturated heterocycles. The van der Waals surface area contributed by atoms with Gasteiger partial charge in [-0.05, 0) is 26.3 Å². The van der Waals surface area contributed by atoms with E-state index in [-0.39, 0.29) is 6.10 Å². The summed E-state index contributed by atoms with van der Waals surface area (Å²) in [4.78, 5) is 11.4. The van der Waals surface area contributed by atoms with Gasteiger partial charge in [-0.3, -0.25) is 0 Å². The molecule has 1 N–H and O–H groups in total. The number of hydrogen-bond acceptors (Lipinski definition) is 6. The van der Waals surface area contributed by atoms with E-state index in [1.807, 2.05) is 14.0 Å². The molecule has 0 saturated carbocycles. The van der Waals surface area contributed by atoms with Gasteiger partial charge in [0.05, 0.1) is 18.1 Å². The number of fused-ring (bicyclic) bond motifs is 1. The molecule has 6 heteroatoms. The predicted octanol–water partition coefficient (Wildman–Crippen LogP) is 2.90. The van der Waals surface area contributed by atoms with Gasteiger partial charge in [-0.2, -0.15) is 0 Å². The summed E-state index contributed by atoms with van der Waals surface area (Å²) in [6, 6.07) is 0. The van der Waals surface area contributed by atoms with Gasteiger partial charge in [-0.1, -0.05) is 0 Å².